The van der Waals surface area contributed by atoms with E-state index in [9.17, 15) is 13.5 Å². The summed E-state index contributed by atoms with van der Waals surface area (Å²) in [6.07, 6.45) is 0.625. The number of aliphatic hydroxyl groups is 1. The molecule has 16 heavy (non-hydrogen) atoms. The van der Waals surface area contributed by atoms with Gasteiger partial charge < -0.3 is 9.63 Å². The summed E-state index contributed by atoms with van der Waals surface area (Å²) >= 11 is 1.61. The minimum absolute atomic E-state index is 0.154. The molecule has 1 aliphatic rings. The lowest BCUT2D eigenvalue weighted by molar-refractivity contribution is 0.164. The summed E-state index contributed by atoms with van der Waals surface area (Å²) in [5.74, 6) is 1.45. The van der Waals surface area contributed by atoms with Gasteiger partial charge in [-0.05, 0) is 0 Å². The summed E-state index contributed by atoms with van der Waals surface area (Å²) in [6.45, 7) is 0. The monoisotopic (exact) mass is 264 g/mol. The molecule has 2 atom stereocenters. The lowest BCUT2D eigenvalue weighted by Crippen LogP contribution is -2.16. The van der Waals surface area contributed by atoms with Gasteiger partial charge in [-0.25, -0.2) is 8.42 Å². The summed E-state index contributed by atoms with van der Waals surface area (Å²) in [4.78, 5) is 4.00. The topological polar surface area (TPSA) is 93.3 Å². The second-order valence-corrected chi connectivity index (χ2v) is 7.05. The van der Waals surface area contributed by atoms with E-state index in [-0.39, 0.29) is 17.5 Å². The van der Waals surface area contributed by atoms with Crippen molar-refractivity contribution in [2.24, 2.45) is 0 Å². The van der Waals surface area contributed by atoms with Crippen molar-refractivity contribution in [2.45, 2.75) is 17.8 Å². The smallest absolute Gasteiger partial charge is 0.233 e. The van der Waals surface area contributed by atoms with Gasteiger partial charge in [-0.1, -0.05) is 5.16 Å². The first-order chi connectivity index (χ1) is 7.46. The number of hydrogen-bond donors (Lipinski definition) is 1. The summed E-state index contributed by atoms with van der Waals surface area (Å²) in [5, 5.41) is 13.2. The number of hydrogen-bond acceptors (Lipinski definition) is 7. The molecule has 1 aromatic heterocycles. The number of nitrogens with zero attached hydrogens (tertiary/aromatic N) is 2. The summed E-state index contributed by atoms with van der Waals surface area (Å²) < 4.78 is 27.0. The zero-order valence-corrected chi connectivity index (χ0v) is 10.3. The van der Waals surface area contributed by atoms with E-state index in [1.165, 1.54) is 0 Å². The summed E-state index contributed by atoms with van der Waals surface area (Å²) in [6, 6.07) is 0. The van der Waals surface area contributed by atoms with Gasteiger partial charge in [-0.15, -0.1) is 0 Å². The van der Waals surface area contributed by atoms with E-state index in [1.807, 2.05) is 0 Å². The number of sulfone groups is 1. The molecule has 2 unspecified atom stereocenters. The van der Waals surface area contributed by atoms with Crippen molar-refractivity contribution in [1.29, 1.82) is 0 Å². The SMILES string of the molecule is CS(=O)(=O)Cc1noc(C2CSCC2O)n1. The van der Waals surface area contributed by atoms with Crippen LogP contribution in [0.2, 0.25) is 0 Å². The second kappa shape index (κ2) is 4.34. The molecule has 2 rings (SSSR count). The van der Waals surface area contributed by atoms with Gasteiger partial charge in [-0.3, -0.25) is 0 Å². The lowest BCUT2D eigenvalue weighted by atomic mass is 10.1. The average Bonchev–Trinajstić information content (AvgIpc) is 2.71. The highest BCUT2D eigenvalue weighted by atomic mass is 32.2. The molecule has 0 bridgehead atoms. The van der Waals surface area contributed by atoms with Crippen LogP contribution in [0.3, 0.4) is 0 Å². The predicted octanol–water partition coefficient (Wildman–Crippen LogP) is -0.195. The molecule has 6 nitrogen and oxygen atoms in total. The van der Waals surface area contributed by atoms with Crippen LogP contribution in [0.4, 0.5) is 0 Å². The Labute approximate surface area is 97.3 Å². The van der Waals surface area contributed by atoms with Crippen LogP contribution in [-0.2, 0) is 15.6 Å². The Hall–Kier alpha value is -0.600. The van der Waals surface area contributed by atoms with Crippen LogP contribution in [0, 0.1) is 0 Å². The lowest BCUT2D eigenvalue weighted by Gasteiger charge is -2.06. The van der Waals surface area contributed by atoms with E-state index in [0.717, 1.165) is 12.0 Å². The maximum atomic E-state index is 11.0. The number of aliphatic hydroxyl groups excluding tert-OH is 1. The Balaban J connectivity index is 2.13. The molecular formula is C8H12N2O4S2. The van der Waals surface area contributed by atoms with Crippen LogP contribution < -0.4 is 0 Å². The summed E-state index contributed by atoms with van der Waals surface area (Å²) in [7, 11) is -3.15. The van der Waals surface area contributed by atoms with Crippen molar-refractivity contribution in [1.82, 2.24) is 10.1 Å². The van der Waals surface area contributed by atoms with Gasteiger partial charge in [-0.2, -0.15) is 16.7 Å². The number of rotatable bonds is 3. The third-order valence-corrected chi connectivity index (χ3v) is 4.20. The minimum Gasteiger partial charge on any atom is -0.391 e. The normalized spacial score (nSPS) is 26.1. The standard InChI is InChI=1S/C8H12N2O4S2/c1-16(12,13)4-7-9-8(14-10-7)5-2-15-3-6(5)11/h5-6,11H,2-4H2,1H3. The highest BCUT2D eigenvalue weighted by Crippen LogP contribution is 2.31. The van der Waals surface area contributed by atoms with Crippen molar-refractivity contribution in [3.63, 3.8) is 0 Å². The molecule has 0 amide bonds. The first-order valence-electron chi connectivity index (χ1n) is 4.72. The van der Waals surface area contributed by atoms with Crippen LogP contribution in [0.5, 0.6) is 0 Å². The van der Waals surface area contributed by atoms with Crippen molar-refractivity contribution in [3.8, 4) is 0 Å². The predicted molar refractivity (Wildman–Crippen MR) is 58.9 cm³/mol. The zero-order chi connectivity index (χ0) is 11.8. The summed E-state index contributed by atoms with van der Waals surface area (Å²) in [5.41, 5.74) is 0. The Kier molecular flexibility index (Phi) is 3.22. The average molecular weight is 264 g/mol. The van der Waals surface area contributed by atoms with E-state index in [1.54, 1.807) is 11.8 Å². The van der Waals surface area contributed by atoms with Gasteiger partial charge in [0.2, 0.25) is 5.89 Å². The Bertz CT molecular complexity index is 470. The first kappa shape index (κ1) is 11.9. The molecule has 0 aromatic carbocycles. The van der Waals surface area contributed by atoms with Gasteiger partial charge in [0.1, 0.15) is 5.75 Å². The molecule has 1 saturated heterocycles. The Morgan fingerprint density at radius 2 is 2.31 bits per heavy atom. The molecule has 1 fully saturated rings. The van der Waals surface area contributed by atoms with Crippen molar-refractivity contribution in [3.05, 3.63) is 11.7 Å². The first-order valence-corrected chi connectivity index (χ1v) is 7.93. The van der Waals surface area contributed by atoms with E-state index >= 15 is 0 Å². The highest BCUT2D eigenvalue weighted by Gasteiger charge is 2.32. The number of thioether (sulfide) groups is 1. The van der Waals surface area contributed by atoms with Crippen molar-refractivity contribution >= 4 is 21.6 Å². The van der Waals surface area contributed by atoms with Crippen LogP contribution >= 0.6 is 11.8 Å². The van der Waals surface area contributed by atoms with E-state index < -0.39 is 15.9 Å². The minimum atomic E-state index is -3.15. The van der Waals surface area contributed by atoms with E-state index in [4.69, 9.17) is 4.52 Å². The third kappa shape index (κ3) is 2.74. The van der Waals surface area contributed by atoms with Gasteiger partial charge in [0.05, 0.1) is 12.0 Å². The quantitative estimate of drug-likeness (QED) is 0.808. The molecule has 1 N–H and O–H groups in total. The van der Waals surface area contributed by atoms with Gasteiger partial charge in [0, 0.05) is 17.8 Å². The molecule has 1 aliphatic heterocycles. The van der Waals surface area contributed by atoms with E-state index in [0.29, 0.717) is 11.6 Å². The van der Waals surface area contributed by atoms with Gasteiger partial charge >= 0.3 is 0 Å². The Morgan fingerprint density at radius 1 is 1.56 bits per heavy atom. The maximum Gasteiger partial charge on any atom is 0.233 e. The molecular weight excluding hydrogens is 252 g/mol. The van der Waals surface area contributed by atoms with Crippen LogP contribution in [0.15, 0.2) is 4.52 Å². The molecule has 0 radical (unpaired) electrons. The molecule has 2 heterocycles. The number of aromatic nitrogens is 2. The largest absolute Gasteiger partial charge is 0.391 e. The molecule has 0 saturated carbocycles. The molecule has 1 aromatic rings. The Morgan fingerprint density at radius 3 is 2.88 bits per heavy atom. The van der Waals surface area contributed by atoms with Crippen LogP contribution in [-0.4, -0.2) is 47.5 Å². The maximum absolute atomic E-state index is 11.0. The van der Waals surface area contributed by atoms with Gasteiger partial charge in [0.15, 0.2) is 15.7 Å². The van der Waals surface area contributed by atoms with Crippen molar-refractivity contribution in [2.75, 3.05) is 17.8 Å². The van der Waals surface area contributed by atoms with E-state index in [2.05, 4.69) is 10.1 Å². The van der Waals surface area contributed by atoms with Crippen LogP contribution in [0.25, 0.3) is 0 Å². The van der Waals surface area contributed by atoms with Gasteiger partial charge in [0.25, 0.3) is 0 Å². The fraction of sp³-hybridized carbons (Fsp3) is 0.750. The van der Waals surface area contributed by atoms with Crippen LogP contribution in [0.1, 0.15) is 17.6 Å². The zero-order valence-electron chi connectivity index (χ0n) is 8.66. The highest BCUT2D eigenvalue weighted by molar-refractivity contribution is 7.99. The van der Waals surface area contributed by atoms with Crippen molar-refractivity contribution < 1.29 is 18.0 Å². The molecule has 0 spiro atoms. The fourth-order valence-electron chi connectivity index (χ4n) is 1.49. The third-order valence-electron chi connectivity index (χ3n) is 2.24. The second-order valence-electron chi connectivity index (χ2n) is 3.83. The molecule has 90 valence electrons. The molecule has 0 aliphatic carbocycles. The fourth-order valence-corrected chi connectivity index (χ4v) is 3.30. The molecule has 8 heteroatoms.